The molecule has 1 N–H and O–H groups in total. The van der Waals surface area contributed by atoms with Crippen LogP contribution in [0.15, 0.2) is 54.6 Å². The number of benzene rings is 2. The van der Waals surface area contributed by atoms with Crippen molar-refractivity contribution in [2.45, 2.75) is 25.2 Å². The molecule has 24 heavy (non-hydrogen) atoms. The van der Waals surface area contributed by atoms with Crippen molar-refractivity contribution >= 4 is 17.6 Å². The lowest BCUT2D eigenvalue weighted by Crippen LogP contribution is -2.26. The highest BCUT2D eigenvalue weighted by Gasteiger charge is 2.16. The number of rotatable bonds is 7. The first-order valence-electron chi connectivity index (χ1n) is 7.59. The van der Waals surface area contributed by atoms with Crippen molar-refractivity contribution in [1.82, 2.24) is 0 Å². The summed E-state index contributed by atoms with van der Waals surface area (Å²) in [7, 11) is 0. The van der Waals surface area contributed by atoms with E-state index in [1.165, 1.54) is 0 Å². The van der Waals surface area contributed by atoms with E-state index < -0.39 is 11.9 Å². The molecule has 5 nitrogen and oxygen atoms in total. The van der Waals surface area contributed by atoms with Crippen molar-refractivity contribution in [3.8, 4) is 6.07 Å². The van der Waals surface area contributed by atoms with Crippen LogP contribution < -0.4 is 10.4 Å². The van der Waals surface area contributed by atoms with Crippen LogP contribution in [-0.2, 0) is 16.0 Å². The van der Waals surface area contributed by atoms with Gasteiger partial charge in [0.2, 0.25) is 5.91 Å². The quantitative estimate of drug-likeness (QED) is 0.844. The van der Waals surface area contributed by atoms with Gasteiger partial charge in [-0.2, -0.15) is 5.26 Å². The molecule has 0 aliphatic carbocycles. The van der Waals surface area contributed by atoms with E-state index in [1.807, 2.05) is 18.2 Å². The van der Waals surface area contributed by atoms with Crippen LogP contribution in [0, 0.1) is 11.3 Å². The molecule has 1 atom stereocenters. The Morgan fingerprint density at radius 2 is 1.71 bits per heavy atom. The van der Waals surface area contributed by atoms with E-state index >= 15 is 0 Å². The van der Waals surface area contributed by atoms with E-state index in [1.54, 1.807) is 36.4 Å². The summed E-state index contributed by atoms with van der Waals surface area (Å²) in [5, 5.41) is 22.3. The number of nitrogens with one attached hydrogen (secondary N) is 1. The van der Waals surface area contributed by atoms with Crippen LogP contribution in [0.1, 0.15) is 29.9 Å². The van der Waals surface area contributed by atoms with Gasteiger partial charge in [0, 0.05) is 18.1 Å². The largest absolute Gasteiger partial charge is 0.550 e. The highest BCUT2D eigenvalue weighted by Crippen LogP contribution is 2.23. The summed E-state index contributed by atoms with van der Waals surface area (Å²) in [5.74, 6) is -1.88. The molecule has 0 aliphatic heterocycles. The average Bonchev–Trinajstić information content (AvgIpc) is 2.57. The Bertz CT molecular complexity index is 733. The van der Waals surface area contributed by atoms with Gasteiger partial charge < -0.3 is 15.2 Å². The van der Waals surface area contributed by atoms with E-state index in [2.05, 4.69) is 11.4 Å². The van der Waals surface area contributed by atoms with Crippen molar-refractivity contribution in [2.75, 3.05) is 5.32 Å². The number of hydrogen-bond donors (Lipinski definition) is 1. The minimum Gasteiger partial charge on any atom is -0.550 e. The number of carboxylic acid groups (broad SMARTS) is 1. The van der Waals surface area contributed by atoms with Gasteiger partial charge >= 0.3 is 0 Å². The Kier molecular flexibility index (Phi) is 6.09. The minimum absolute atomic E-state index is 0.0535. The standard InChI is InChI=1S/C19H18N2O3/c20-11-10-14-6-8-17(9-7-14)21-18(22)12-16(13-19(23)24)15-4-2-1-3-5-15/h1-9,16H,10,12-13H2,(H,21,22)(H,23,24)/p-1/t16-/m1/s1. The van der Waals surface area contributed by atoms with Gasteiger partial charge in [-0.15, -0.1) is 0 Å². The monoisotopic (exact) mass is 321 g/mol. The van der Waals surface area contributed by atoms with Gasteiger partial charge in [-0.3, -0.25) is 4.79 Å². The molecule has 0 unspecified atom stereocenters. The third kappa shape index (κ3) is 5.25. The van der Waals surface area contributed by atoms with E-state index in [0.29, 0.717) is 12.1 Å². The van der Waals surface area contributed by atoms with E-state index in [0.717, 1.165) is 11.1 Å². The number of aliphatic carboxylic acids is 1. The number of amides is 1. The topological polar surface area (TPSA) is 93.0 Å². The van der Waals surface area contributed by atoms with Crippen molar-refractivity contribution in [1.29, 1.82) is 5.26 Å². The fraction of sp³-hybridized carbons (Fsp3) is 0.211. The van der Waals surface area contributed by atoms with Gasteiger partial charge in [0.05, 0.1) is 12.5 Å². The SMILES string of the molecule is N#CCc1ccc(NC(=O)C[C@H](CC(=O)[O-])c2ccccc2)cc1. The predicted molar refractivity (Wildman–Crippen MR) is 87.8 cm³/mol. The second-order valence-corrected chi connectivity index (χ2v) is 5.47. The molecule has 2 aromatic rings. The first kappa shape index (κ1) is 17.2. The molecular weight excluding hydrogens is 304 g/mol. The number of anilines is 1. The summed E-state index contributed by atoms with van der Waals surface area (Å²) in [6.07, 6.45) is 0.159. The van der Waals surface area contributed by atoms with Gasteiger partial charge in [-0.1, -0.05) is 42.5 Å². The summed E-state index contributed by atoms with van der Waals surface area (Å²) in [4.78, 5) is 23.2. The number of carboxylic acids is 1. The minimum atomic E-state index is -1.18. The highest BCUT2D eigenvalue weighted by atomic mass is 16.4. The average molecular weight is 321 g/mol. The number of carbonyl (C=O) groups is 2. The van der Waals surface area contributed by atoms with Crippen LogP contribution in [0.5, 0.6) is 0 Å². The maximum atomic E-state index is 12.2. The summed E-state index contributed by atoms with van der Waals surface area (Å²) < 4.78 is 0. The Morgan fingerprint density at radius 1 is 1.04 bits per heavy atom. The molecule has 0 radical (unpaired) electrons. The molecule has 2 rings (SSSR count). The molecule has 122 valence electrons. The van der Waals surface area contributed by atoms with E-state index in [4.69, 9.17) is 5.26 Å². The second kappa shape index (κ2) is 8.49. The molecule has 0 fully saturated rings. The lowest BCUT2D eigenvalue weighted by molar-refractivity contribution is -0.306. The highest BCUT2D eigenvalue weighted by molar-refractivity contribution is 5.91. The van der Waals surface area contributed by atoms with Gasteiger partial charge in [-0.05, 0) is 35.6 Å². The third-order valence-electron chi connectivity index (χ3n) is 3.64. The zero-order valence-corrected chi connectivity index (χ0v) is 13.1. The van der Waals surface area contributed by atoms with E-state index in [9.17, 15) is 14.7 Å². The molecule has 0 saturated heterocycles. The molecule has 5 heteroatoms. The number of carbonyl (C=O) groups excluding carboxylic acids is 2. The summed E-state index contributed by atoms with van der Waals surface area (Å²) >= 11 is 0. The van der Waals surface area contributed by atoms with Crippen LogP contribution in [0.3, 0.4) is 0 Å². The normalized spacial score (nSPS) is 11.3. The molecule has 1 amide bonds. The van der Waals surface area contributed by atoms with Gasteiger partial charge in [-0.25, -0.2) is 0 Å². The summed E-state index contributed by atoms with van der Waals surface area (Å²) in [6, 6.07) is 18.1. The zero-order chi connectivity index (χ0) is 17.4. The number of hydrogen-bond acceptors (Lipinski definition) is 4. The van der Waals surface area contributed by atoms with Crippen LogP contribution >= 0.6 is 0 Å². The van der Waals surface area contributed by atoms with Crippen LogP contribution in [0.2, 0.25) is 0 Å². The van der Waals surface area contributed by atoms with Gasteiger partial charge in [0.15, 0.2) is 0 Å². The molecular formula is C19H17N2O3-. The van der Waals surface area contributed by atoms with Crippen molar-refractivity contribution < 1.29 is 14.7 Å². The van der Waals surface area contributed by atoms with E-state index in [-0.39, 0.29) is 18.7 Å². The molecule has 0 aromatic heterocycles. The van der Waals surface area contributed by atoms with Crippen LogP contribution in [0.25, 0.3) is 0 Å². The number of nitriles is 1. The zero-order valence-electron chi connectivity index (χ0n) is 13.1. The Hall–Kier alpha value is -3.13. The third-order valence-corrected chi connectivity index (χ3v) is 3.64. The Morgan fingerprint density at radius 3 is 2.29 bits per heavy atom. The summed E-state index contributed by atoms with van der Waals surface area (Å²) in [5.41, 5.74) is 2.28. The fourth-order valence-electron chi connectivity index (χ4n) is 2.47. The lowest BCUT2D eigenvalue weighted by Gasteiger charge is -2.17. The maximum Gasteiger partial charge on any atom is 0.224 e. The van der Waals surface area contributed by atoms with Crippen LogP contribution in [-0.4, -0.2) is 11.9 Å². The second-order valence-electron chi connectivity index (χ2n) is 5.47. The fourth-order valence-corrected chi connectivity index (χ4v) is 2.47. The smallest absolute Gasteiger partial charge is 0.224 e. The first-order chi connectivity index (χ1) is 11.6. The predicted octanol–water partition coefficient (Wildman–Crippen LogP) is 2.01. The Labute approximate surface area is 140 Å². The molecule has 0 saturated carbocycles. The van der Waals surface area contributed by atoms with Crippen molar-refractivity contribution in [3.63, 3.8) is 0 Å². The molecule has 0 aliphatic rings. The van der Waals surface area contributed by atoms with Gasteiger partial charge in [0.1, 0.15) is 0 Å². The molecule has 0 spiro atoms. The molecule has 0 bridgehead atoms. The lowest BCUT2D eigenvalue weighted by atomic mass is 9.92. The Balaban J connectivity index is 2.02. The van der Waals surface area contributed by atoms with Crippen LogP contribution in [0.4, 0.5) is 5.69 Å². The maximum absolute atomic E-state index is 12.2. The number of nitrogens with zero attached hydrogens (tertiary/aromatic N) is 1. The molecule has 2 aromatic carbocycles. The van der Waals surface area contributed by atoms with Crippen molar-refractivity contribution in [2.24, 2.45) is 0 Å². The summed E-state index contributed by atoms with van der Waals surface area (Å²) in [6.45, 7) is 0. The van der Waals surface area contributed by atoms with Gasteiger partial charge in [0.25, 0.3) is 0 Å². The molecule has 0 heterocycles. The first-order valence-corrected chi connectivity index (χ1v) is 7.59. The van der Waals surface area contributed by atoms with Crippen molar-refractivity contribution in [3.05, 3.63) is 65.7 Å².